The van der Waals surface area contributed by atoms with Crippen LogP contribution in [0.15, 0.2) is 0 Å². The molecule has 1 N–H and O–H groups in total. The second-order valence-electron chi connectivity index (χ2n) is 7.95. The Morgan fingerprint density at radius 1 is 1.00 bits per heavy atom. The molecule has 0 aromatic rings. The van der Waals surface area contributed by atoms with Crippen molar-refractivity contribution in [1.29, 1.82) is 0 Å². The van der Waals surface area contributed by atoms with Gasteiger partial charge in [-0.2, -0.15) is 0 Å². The zero-order valence-electron chi connectivity index (χ0n) is 15.3. The predicted molar refractivity (Wildman–Crippen MR) is 102 cm³/mol. The third-order valence-corrected chi connectivity index (χ3v) is 6.43. The predicted octanol–water partition coefficient (Wildman–Crippen LogP) is 2.91. The van der Waals surface area contributed by atoms with E-state index in [1.807, 2.05) is 7.05 Å². The summed E-state index contributed by atoms with van der Waals surface area (Å²) in [4.78, 5) is 17.5. The average Bonchev–Trinajstić information content (AvgIpc) is 2.60. The summed E-state index contributed by atoms with van der Waals surface area (Å²) in [6.45, 7) is 5.03. The molecule has 0 aromatic heterocycles. The third kappa shape index (κ3) is 5.09. The van der Waals surface area contributed by atoms with Crippen LogP contribution < -0.4 is 5.32 Å². The first-order valence-electron chi connectivity index (χ1n) is 9.94. The highest BCUT2D eigenvalue weighted by molar-refractivity contribution is 5.85. The molecule has 5 heteroatoms. The summed E-state index contributed by atoms with van der Waals surface area (Å²) >= 11 is 0. The Kier molecular flexibility index (Phi) is 8.32. The van der Waals surface area contributed by atoms with Crippen molar-refractivity contribution in [2.24, 2.45) is 11.8 Å². The highest BCUT2D eigenvalue weighted by atomic mass is 35.5. The van der Waals surface area contributed by atoms with Crippen molar-refractivity contribution in [3.05, 3.63) is 0 Å². The molecular weight excluding hydrogens is 322 g/mol. The minimum atomic E-state index is 0. The van der Waals surface area contributed by atoms with Gasteiger partial charge in [-0.15, -0.1) is 12.4 Å². The van der Waals surface area contributed by atoms with Gasteiger partial charge in [-0.05, 0) is 83.5 Å². The van der Waals surface area contributed by atoms with Gasteiger partial charge in [0, 0.05) is 12.6 Å². The maximum Gasteiger partial charge on any atom is 0.237 e. The number of nitrogens with one attached hydrogen (secondary N) is 1. The van der Waals surface area contributed by atoms with E-state index in [0.29, 0.717) is 18.5 Å². The molecule has 3 aliphatic rings. The molecule has 3 fully saturated rings. The summed E-state index contributed by atoms with van der Waals surface area (Å²) in [5.41, 5.74) is 0. The summed E-state index contributed by atoms with van der Waals surface area (Å²) in [6.07, 6.45) is 11.7. The van der Waals surface area contributed by atoms with E-state index >= 15 is 0 Å². The molecule has 2 saturated heterocycles. The van der Waals surface area contributed by atoms with E-state index in [1.54, 1.807) is 0 Å². The Morgan fingerprint density at radius 3 is 2.46 bits per heavy atom. The number of piperidine rings is 2. The van der Waals surface area contributed by atoms with Crippen molar-refractivity contribution < 1.29 is 4.79 Å². The van der Waals surface area contributed by atoms with Gasteiger partial charge < -0.3 is 10.2 Å². The third-order valence-electron chi connectivity index (χ3n) is 6.43. The van der Waals surface area contributed by atoms with Crippen LogP contribution in [0.5, 0.6) is 0 Å². The van der Waals surface area contributed by atoms with E-state index < -0.39 is 0 Å². The quantitative estimate of drug-likeness (QED) is 0.821. The van der Waals surface area contributed by atoms with Gasteiger partial charge in [0.05, 0.1) is 6.54 Å². The van der Waals surface area contributed by atoms with E-state index in [0.717, 1.165) is 38.0 Å². The first-order valence-corrected chi connectivity index (χ1v) is 9.94. The molecule has 1 amide bonds. The number of carbonyl (C=O) groups is 1. The van der Waals surface area contributed by atoms with Crippen LogP contribution in [0.3, 0.4) is 0 Å². The summed E-state index contributed by atoms with van der Waals surface area (Å²) < 4.78 is 0. The lowest BCUT2D eigenvalue weighted by Gasteiger charge is -2.45. The van der Waals surface area contributed by atoms with Crippen LogP contribution >= 0.6 is 12.4 Å². The van der Waals surface area contributed by atoms with Crippen LogP contribution in [0.4, 0.5) is 0 Å². The molecule has 0 radical (unpaired) electrons. The van der Waals surface area contributed by atoms with Crippen LogP contribution in [0, 0.1) is 11.8 Å². The maximum absolute atomic E-state index is 12.8. The maximum atomic E-state index is 12.8. The van der Waals surface area contributed by atoms with Crippen LogP contribution in [-0.4, -0.2) is 61.5 Å². The summed E-state index contributed by atoms with van der Waals surface area (Å²) in [5, 5.41) is 3.25. The summed E-state index contributed by atoms with van der Waals surface area (Å²) in [5.74, 6) is 2.07. The molecule has 0 aromatic carbocycles. The normalized spacial score (nSPS) is 29.0. The van der Waals surface area contributed by atoms with Crippen LogP contribution in [0.25, 0.3) is 0 Å². The number of hydrogen-bond acceptors (Lipinski definition) is 3. The van der Waals surface area contributed by atoms with Gasteiger partial charge in [-0.1, -0.05) is 12.8 Å². The lowest BCUT2D eigenvalue weighted by Crippen LogP contribution is -2.53. The Labute approximate surface area is 154 Å². The van der Waals surface area contributed by atoms with E-state index in [2.05, 4.69) is 15.1 Å². The van der Waals surface area contributed by atoms with Gasteiger partial charge >= 0.3 is 0 Å². The molecule has 0 spiro atoms. The highest BCUT2D eigenvalue weighted by Crippen LogP contribution is 2.35. The smallest absolute Gasteiger partial charge is 0.237 e. The largest absolute Gasteiger partial charge is 0.338 e. The molecule has 24 heavy (non-hydrogen) atoms. The Morgan fingerprint density at radius 2 is 1.71 bits per heavy atom. The minimum Gasteiger partial charge on any atom is -0.338 e. The molecular formula is C19H36ClN3O. The first kappa shape index (κ1) is 20.0. The summed E-state index contributed by atoms with van der Waals surface area (Å²) in [7, 11) is 2.03. The number of amides is 1. The minimum absolute atomic E-state index is 0. The van der Waals surface area contributed by atoms with Gasteiger partial charge in [0.15, 0.2) is 0 Å². The highest BCUT2D eigenvalue weighted by Gasteiger charge is 2.36. The van der Waals surface area contributed by atoms with Crippen molar-refractivity contribution in [1.82, 2.24) is 15.1 Å². The fourth-order valence-corrected chi connectivity index (χ4v) is 5.00. The molecule has 1 aliphatic carbocycles. The molecule has 2 atom stereocenters. The van der Waals surface area contributed by atoms with Crippen molar-refractivity contribution >= 4 is 18.3 Å². The van der Waals surface area contributed by atoms with Crippen molar-refractivity contribution in [2.75, 3.05) is 39.8 Å². The molecule has 2 heterocycles. The van der Waals surface area contributed by atoms with Gasteiger partial charge in [-0.3, -0.25) is 9.69 Å². The molecule has 140 valence electrons. The zero-order valence-corrected chi connectivity index (χ0v) is 16.2. The molecule has 0 bridgehead atoms. The number of fused-ring (bicyclic) bond motifs is 1. The van der Waals surface area contributed by atoms with Crippen LogP contribution in [0.2, 0.25) is 0 Å². The van der Waals surface area contributed by atoms with Crippen LogP contribution in [-0.2, 0) is 4.79 Å². The number of likely N-dealkylation sites (tertiary alicyclic amines) is 2. The first-order chi connectivity index (χ1) is 11.3. The average molecular weight is 358 g/mol. The molecule has 3 rings (SSSR count). The van der Waals surface area contributed by atoms with E-state index in [9.17, 15) is 4.79 Å². The standard InChI is InChI=1S/C19H35N3O.ClH/c1-20-11-8-16-9-13-21(14-10-16)15-19(23)22-12-4-6-17-5-2-3-7-18(17)22;/h16-18,20H,2-15H2,1H3;1H. The monoisotopic (exact) mass is 357 g/mol. The molecule has 2 unspecified atom stereocenters. The lowest BCUT2D eigenvalue weighted by molar-refractivity contribution is -0.139. The van der Waals surface area contributed by atoms with E-state index in [-0.39, 0.29) is 12.4 Å². The van der Waals surface area contributed by atoms with Gasteiger partial charge in [0.25, 0.3) is 0 Å². The fourth-order valence-electron chi connectivity index (χ4n) is 5.00. The number of carbonyl (C=O) groups excluding carboxylic acids is 1. The molecule has 1 saturated carbocycles. The number of nitrogens with zero attached hydrogens (tertiary/aromatic N) is 2. The SMILES string of the molecule is CNCCC1CCN(CC(=O)N2CCCC3CCCCC32)CC1.Cl. The van der Waals surface area contributed by atoms with E-state index in [1.165, 1.54) is 57.8 Å². The van der Waals surface area contributed by atoms with Crippen molar-refractivity contribution in [3.8, 4) is 0 Å². The Balaban J connectivity index is 0.00000208. The number of halogens is 1. The zero-order chi connectivity index (χ0) is 16.1. The van der Waals surface area contributed by atoms with Crippen molar-refractivity contribution in [3.63, 3.8) is 0 Å². The Hall–Kier alpha value is -0.320. The van der Waals surface area contributed by atoms with Gasteiger partial charge in [0.1, 0.15) is 0 Å². The van der Waals surface area contributed by atoms with Gasteiger partial charge in [-0.25, -0.2) is 0 Å². The molecule has 2 aliphatic heterocycles. The lowest BCUT2D eigenvalue weighted by atomic mass is 9.78. The second-order valence-corrected chi connectivity index (χ2v) is 7.95. The van der Waals surface area contributed by atoms with E-state index in [4.69, 9.17) is 0 Å². The second kappa shape index (κ2) is 9.98. The number of hydrogen-bond donors (Lipinski definition) is 1. The fraction of sp³-hybridized carbons (Fsp3) is 0.947. The molecule has 4 nitrogen and oxygen atoms in total. The van der Waals surface area contributed by atoms with Crippen LogP contribution in [0.1, 0.15) is 57.8 Å². The number of rotatable bonds is 5. The van der Waals surface area contributed by atoms with Gasteiger partial charge in [0.2, 0.25) is 5.91 Å². The topological polar surface area (TPSA) is 35.6 Å². The van der Waals surface area contributed by atoms with Crippen molar-refractivity contribution in [2.45, 2.75) is 63.8 Å². The summed E-state index contributed by atoms with van der Waals surface area (Å²) in [6, 6.07) is 0.568. The Bertz CT molecular complexity index is 383.